The average Bonchev–Trinajstić information content (AvgIpc) is 1.92. The summed E-state index contributed by atoms with van der Waals surface area (Å²) >= 11 is 9.05. The van der Waals surface area contributed by atoms with Crippen LogP contribution in [0.25, 0.3) is 0 Å². The molecule has 0 radical (unpaired) electrons. The minimum atomic E-state index is -0.928. The number of nitrogens with zero attached hydrogens (tertiary/aromatic N) is 1. The van der Waals surface area contributed by atoms with E-state index >= 15 is 0 Å². The number of pyridine rings is 1. The Morgan fingerprint density at radius 2 is 2.17 bits per heavy atom. The summed E-state index contributed by atoms with van der Waals surface area (Å²) in [6.07, 6.45) is 1.51. The van der Waals surface area contributed by atoms with Gasteiger partial charge in [0, 0.05) is 11.8 Å². The predicted octanol–water partition coefficient (Wildman–Crippen LogP) is 2.72. The van der Waals surface area contributed by atoms with Gasteiger partial charge in [-0.2, -0.15) is 0 Å². The van der Waals surface area contributed by atoms with Crippen molar-refractivity contribution in [2.75, 3.05) is 0 Å². The number of halogens is 2. The SMILES string of the molecule is CC(C)(O)c1cc(Br)ncc1Cl. The van der Waals surface area contributed by atoms with Crippen LogP contribution >= 0.6 is 27.5 Å². The third kappa shape index (κ3) is 2.19. The summed E-state index contributed by atoms with van der Waals surface area (Å²) in [7, 11) is 0. The zero-order valence-corrected chi connectivity index (χ0v) is 9.15. The number of aromatic nitrogens is 1. The highest BCUT2D eigenvalue weighted by molar-refractivity contribution is 9.10. The first-order valence-electron chi connectivity index (χ1n) is 3.45. The Kier molecular flexibility index (Phi) is 2.76. The lowest BCUT2D eigenvalue weighted by atomic mass is 10.0. The molecule has 0 spiro atoms. The zero-order chi connectivity index (χ0) is 9.35. The lowest BCUT2D eigenvalue weighted by Gasteiger charge is -2.18. The fourth-order valence-corrected chi connectivity index (χ4v) is 1.55. The maximum absolute atomic E-state index is 9.66. The van der Waals surface area contributed by atoms with Crippen molar-refractivity contribution in [3.63, 3.8) is 0 Å². The normalized spacial score (nSPS) is 11.8. The quantitative estimate of drug-likeness (QED) is 0.778. The first-order valence-corrected chi connectivity index (χ1v) is 4.62. The first kappa shape index (κ1) is 9.96. The highest BCUT2D eigenvalue weighted by Crippen LogP contribution is 2.28. The van der Waals surface area contributed by atoms with E-state index in [0.29, 0.717) is 15.2 Å². The highest BCUT2D eigenvalue weighted by atomic mass is 79.9. The van der Waals surface area contributed by atoms with Crippen molar-refractivity contribution in [2.45, 2.75) is 19.4 Å². The molecule has 12 heavy (non-hydrogen) atoms. The Morgan fingerprint density at radius 1 is 1.58 bits per heavy atom. The van der Waals surface area contributed by atoms with Gasteiger partial charge in [0.15, 0.2) is 0 Å². The molecule has 66 valence electrons. The molecule has 1 aromatic heterocycles. The molecule has 2 nitrogen and oxygen atoms in total. The molecule has 0 aliphatic heterocycles. The van der Waals surface area contributed by atoms with Crippen molar-refractivity contribution in [3.8, 4) is 0 Å². The lowest BCUT2D eigenvalue weighted by Crippen LogP contribution is -2.16. The largest absolute Gasteiger partial charge is 0.386 e. The molecule has 0 unspecified atom stereocenters. The molecular formula is C8H9BrClNO. The smallest absolute Gasteiger partial charge is 0.106 e. The molecule has 0 saturated heterocycles. The van der Waals surface area contributed by atoms with Gasteiger partial charge in [0.05, 0.1) is 10.6 Å². The van der Waals surface area contributed by atoms with E-state index in [2.05, 4.69) is 20.9 Å². The van der Waals surface area contributed by atoms with Crippen LogP contribution in [-0.2, 0) is 5.60 Å². The second kappa shape index (κ2) is 3.32. The molecule has 1 heterocycles. The van der Waals surface area contributed by atoms with Gasteiger partial charge in [-0.25, -0.2) is 4.98 Å². The molecule has 0 aromatic carbocycles. The van der Waals surface area contributed by atoms with E-state index in [9.17, 15) is 5.11 Å². The molecule has 0 atom stereocenters. The Hall–Kier alpha value is -0.120. The third-order valence-electron chi connectivity index (χ3n) is 1.48. The van der Waals surface area contributed by atoms with Crippen molar-refractivity contribution < 1.29 is 5.11 Å². The minimum absolute atomic E-state index is 0.478. The van der Waals surface area contributed by atoms with E-state index < -0.39 is 5.60 Å². The van der Waals surface area contributed by atoms with Crippen LogP contribution < -0.4 is 0 Å². The number of hydrogen-bond acceptors (Lipinski definition) is 2. The van der Waals surface area contributed by atoms with Gasteiger partial charge in [-0.15, -0.1) is 0 Å². The van der Waals surface area contributed by atoms with Gasteiger partial charge >= 0.3 is 0 Å². The van der Waals surface area contributed by atoms with Gasteiger partial charge in [-0.3, -0.25) is 0 Å². The second-order valence-electron chi connectivity index (χ2n) is 3.05. The van der Waals surface area contributed by atoms with Gasteiger partial charge in [0.2, 0.25) is 0 Å². The highest BCUT2D eigenvalue weighted by Gasteiger charge is 2.19. The molecule has 4 heteroatoms. The van der Waals surface area contributed by atoms with E-state index in [1.54, 1.807) is 19.9 Å². The van der Waals surface area contributed by atoms with Crippen LogP contribution in [0.1, 0.15) is 19.4 Å². The molecule has 0 fully saturated rings. The van der Waals surface area contributed by atoms with Gasteiger partial charge in [-0.1, -0.05) is 11.6 Å². The predicted molar refractivity (Wildman–Crippen MR) is 52.2 cm³/mol. The molecule has 0 aliphatic carbocycles. The van der Waals surface area contributed by atoms with Crippen LogP contribution in [-0.4, -0.2) is 10.1 Å². The number of aliphatic hydroxyl groups is 1. The molecule has 1 N–H and O–H groups in total. The maximum Gasteiger partial charge on any atom is 0.106 e. The Balaban J connectivity index is 3.23. The summed E-state index contributed by atoms with van der Waals surface area (Å²) in [5, 5.41) is 10.1. The monoisotopic (exact) mass is 249 g/mol. The summed E-state index contributed by atoms with van der Waals surface area (Å²) in [6, 6.07) is 1.71. The van der Waals surface area contributed by atoms with Crippen LogP contribution in [0, 0.1) is 0 Å². The van der Waals surface area contributed by atoms with Crippen molar-refractivity contribution >= 4 is 27.5 Å². The Labute approximate surface area is 84.7 Å². The summed E-state index contributed by atoms with van der Waals surface area (Å²) in [6.45, 7) is 3.36. The van der Waals surface area contributed by atoms with Crippen LogP contribution in [0.4, 0.5) is 0 Å². The molecule has 0 saturated carbocycles. The van der Waals surface area contributed by atoms with Crippen LogP contribution in [0.5, 0.6) is 0 Å². The molecule has 1 rings (SSSR count). The Morgan fingerprint density at radius 3 is 2.58 bits per heavy atom. The molecule has 1 aromatic rings. The van der Waals surface area contributed by atoms with Gasteiger partial charge in [0.25, 0.3) is 0 Å². The molecule has 0 amide bonds. The summed E-state index contributed by atoms with van der Waals surface area (Å²) in [5.41, 5.74) is -0.256. The van der Waals surface area contributed by atoms with Crippen molar-refractivity contribution in [3.05, 3.63) is 27.5 Å². The van der Waals surface area contributed by atoms with Gasteiger partial charge in [-0.05, 0) is 35.8 Å². The fraction of sp³-hybridized carbons (Fsp3) is 0.375. The van der Waals surface area contributed by atoms with Crippen molar-refractivity contribution in [2.24, 2.45) is 0 Å². The van der Waals surface area contributed by atoms with E-state index in [-0.39, 0.29) is 0 Å². The van der Waals surface area contributed by atoms with E-state index in [4.69, 9.17) is 11.6 Å². The number of hydrogen-bond donors (Lipinski definition) is 1. The average molecular weight is 251 g/mol. The lowest BCUT2D eigenvalue weighted by molar-refractivity contribution is 0.0785. The zero-order valence-electron chi connectivity index (χ0n) is 6.81. The fourth-order valence-electron chi connectivity index (χ4n) is 0.882. The third-order valence-corrected chi connectivity index (χ3v) is 2.22. The van der Waals surface area contributed by atoms with Crippen LogP contribution in [0.2, 0.25) is 5.02 Å². The van der Waals surface area contributed by atoms with Gasteiger partial charge < -0.3 is 5.11 Å². The topological polar surface area (TPSA) is 33.1 Å². The van der Waals surface area contributed by atoms with Gasteiger partial charge in [0.1, 0.15) is 4.60 Å². The minimum Gasteiger partial charge on any atom is -0.386 e. The second-order valence-corrected chi connectivity index (χ2v) is 4.27. The van der Waals surface area contributed by atoms with Crippen LogP contribution in [0.3, 0.4) is 0 Å². The standard InChI is InChI=1S/C8H9BrClNO/c1-8(2,12)5-3-7(9)11-4-6(5)10/h3-4,12H,1-2H3. The number of rotatable bonds is 1. The molecule has 0 bridgehead atoms. The van der Waals surface area contributed by atoms with E-state index in [0.717, 1.165) is 0 Å². The van der Waals surface area contributed by atoms with E-state index in [1.807, 2.05) is 0 Å². The van der Waals surface area contributed by atoms with Crippen molar-refractivity contribution in [1.82, 2.24) is 4.98 Å². The van der Waals surface area contributed by atoms with Crippen molar-refractivity contribution in [1.29, 1.82) is 0 Å². The van der Waals surface area contributed by atoms with Crippen LogP contribution in [0.15, 0.2) is 16.9 Å². The summed E-state index contributed by atoms with van der Waals surface area (Å²) in [4.78, 5) is 3.93. The maximum atomic E-state index is 9.66. The summed E-state index contributed by atoms with van der Waals surface area (Å²) < 4.78 is 0.670. The Bertz CT molecular complexity index is 296. The van der Waals surface area contributed by atoms with E-state index in [1.165, 1.54) is 6.20 Å². The summed E-state index contributed by atoms with van der Waals surface area (Å²) in [5.74, 6) is 0. The molecule has 0 aliphatic rings. The molecular weight excluding hydrogens is 241 g/mol. The first-order chi connectivity index (χ1) is 5.41.